The average molecular weight is 436 g/mol. The van der Waals surface area contributed by atoms with Crippen LogP contribution in [0.25, 0.3) is 16.6 Å². The zero-order chi connectivity index (χ0) is 22.2. The van der Waals surface area contributed by atoms with Crippen molar-refractivity contribution in [3.63, 3.8) is 0 Å². The van der Waals surface area contributed by atoms with Crippen LogP contribution in [-0.2, 0) is 13.5 Å². The van der Waals surface area contributed by atoms with E-state index in [-0.39, 0.29) is 0 Å². The zero-order valence-electron chi connectivity index (χ0n) is 18.5. The third kappa shape index (κ3) is 3.86. The largest absolute Gasteiger partial charge is 0.368 e. The first kappa shape index (κ1) is 19.7. The molecule has 0 spiro atoms. The van der Waals surface area contributed by atoms with Crippen LogP contribution in [0.2, 0.25) is 0 Å². The summed E-state index contributed by atoms with van der Waals surface area (Å²) in [6, 6.07) is 14.7. The fraction of sp³-hybridized carbons (Fsp3) is 0.231. The summed E-state index contributed by atoms with van der Waals surface area (Å²) in [5.41, 5.74) is 6.89. The summed E-state index contributed by atoms with van der Waals surface area (Å²) in [6.45, 7) is 1.88. The van der Waals surface area contributed by atoms with E-state index in [1.165, 1.54) is 5.56 Å². The second-order valence-corrected chi connectivity index (χ2v) is 8.72. The number of hydrogen-bond acceptors (Lipinski definition) is 5. The zero-order valence-corrected chi connectivity index (χ0v) is 18.5. The first-order chi connectivity index (χ1) is 16.2. The second-order valence-electron chi connectivity index (χ2n) is 8.72. The van der Waals surface area contributed by atoms with Crippen molar-refractivity contribution in [1.82, 2.24) is 29.4 Å². The van der Waals surface area contributed by atoms with Gasteiger partial charge in [-0.1, -0.05) is 36.4 Å². The summed E-state index contributed by atoms with van der Waals surface area (Å²) in [6.07, 6.45) is 13.8. The lowest BCUT2D eigenvalue weighted by molar-refractivity contribution is 0.706. The van der Waals surface area contributed by atoms with E-state index in [2.05, 4.69) is 57.7 Å². The number of aromatic nitrogens is 6. The molecule has 5 aromatic rings. The van der Waals surface area contributed by atoms with Gasteiger partial charge in [-0.25, -0.2) is 14.5 Å². The van der Waals surface area contributed by atoms with Crippen LogP contribution in [0.15, 0.2) is 79.6 Å². The van der Waals surface area contributed by atoms with Gasteiger partial charge in [-0.3, -0.25) is 4.68 Å². The molecule has 0 saturated carbocycles. The molecule has 7 nitrogen and oxygen atoms in total. The molecule has 0 aliphatic carbocycles. The highest BCUT2D eigenvalue weighted by Gasteiger charge is 2.27. The van der Waals surface area contributed by atoms with Crippen molar-refractivity contribution in [2.45, 2.75) is 18.8 Å². The van der Waals surface area contributed by atoms with Gasteiger partial charge in [0.25, 0.3) is 0 Å². The lowest BCUT2D eigenvalue weighted by Crippen LogP contribution is -2.19. The van der Waals surface area contributed by atoms with Gasteiger partial charge in [0, 0.05) is 68.4 Å². The molecule has 1 aliphatic rings. The van der Waals surface area contributed by atoms with Crippen molar-refractivity contribution >= 4 is 11.2 Å². The molecule has 164 valence electrons. The van der Waals surface area contributed by atoms with Gasteiger partial charge < -0.3 is 4.90 Å². The van der Waals surface area contributed by atoms with E-state index in [0.717, 1.165) is 59.7 Å². The first-order valence-electron chi connectivity index (χ1n) is 11.3. The minimum Gasteiger partial charge on any atom is -0.368 e. The summed E-state index contributed by atoms with van der Waals surface area (Å²) >= 11 is 0. The number of rotatable bonds is 5. The van der Waals surface area contributed by atoms with Gasteiger partial charge in [0.05, 0.1) is 23.6 Å². The Kier molecular flexibility index (Phi) is 4.87. The van der Waals surface area contributed by atoms with Gasteiger partial charge in [-0.15, -0.1) is 0 Å². The molecule has 1 aromatic carbocycles. The van der Waals surface area contributed by atoms with Crippen LogP contribution in [0.3, 0.4) is 0 Å². The highest BCUT2D eigenvalue weighted by Crippen LogP contribution is 2.32. The van der Waals surface area contributed by atoms with Crippen molar-refractivity contribution in [3.05, 3.63) is 96.6 Å². The van der Waals surface area contributed by atoms with Crippen molar-refractivity contribution in [3.8, 4) is 11.1 Å². The molecule has 7 heteroatoms. The third-order valence-electron chi connectivity index (χ3n) is 6.40. The van der Waals surface area contributed by atoms with Gasteiger partial charge >= 0.3 is 0 Å². The molecule has 0 N–H and O–H groups in total. The molecular formula is C26H25N7. The highest BCUT2D eigenvalue weighted by atomic mass is 15.3. The van der Waals surface area contributed by atoms with Crippen LogP contribution in [0.1, 0.15) is 29.3 Å². The molecule has 33 heavy (non-hydrogen) atoms. The molecule has 1 saturated heterocycles. The first-order valence-corrected chi connectivity index (χ1v) is 11.3. The third-order valence-corrected chi connectivity index (χ3v) is 6.40. The molecule has 1 unspecified atom stereocenters. The van der Waals surface area contributed by atoms with E-state index in [4.69, 9.17) is 9.97 Å². The van der Waals surface area contributed by atoms with Crippen LogP contribution < -0.4 is 4.90 Å². The molecule has 0 bridgehead atoms. The van der Waals surface area contributed by atoms with E-state index < -0.39 is 0 Å². The Bertz CT molecular complexity index is 1390. The average Bonchev–Trinajstić information content (AvgIpc) is 3.59. The molecule has 1 aliphatic heterocycles. The summed E-state index contributed by atoms with van der Waals surface area (Å²) in [4.78, 5) is 11.8. The van der Waals surface area contributed by atoms with E-state index >= 15 is 0 Å². The Morgan fingerprint density at radius 1 is 0.848 bits per heavy atom. The number of hydrogen-bond donors (Lipinski definition) is 0. The highest BCUT2D eigenvalue weighted by molar-refractivity contribution is 5.75. The topological polar surface area (TPSA) is 64.1 Å². The molecule has 0 amide bonds. The van der Waals surface area contributed by atoms with E-state index in [1.54, 1.807) is 0 Å². The number of fused-ring (bicyclic) bond motifs is 1. The van der Waals surface area contributed by atoms with Crippen LogP contribution in [0, 0.1) is 0 Å². The number of pyridine rings is 1. The van der Waals surface area contributed by atoms with Crippen LogP contribution >= 0.6 is 0 Å². The van der Waals surface area contributed by atoms with Crippen LogP contribution in [0.4, 0.5) is 5.69 Å². The Labute approximate surface area is 192 Å². The smallest absolute Gasteiger partial charge is 0.133 e. The lowest BCUT2D eigenvalue weighted by Gasteiger charge is -2.17. The predicted molar refractivity (Wildman–Crippen MR) is 128 cm³/mol. The number of benzene rings is 1. The molecule has 1 atom stereocenters. The van der Waals surface area contributed by atoms with E-state index in [0.29, 0.717) is 5.92 Å². The number of aryl methyl sites for hydroxylation is 1. The predicted octanol–water partition coefficient (Wildman–Crippen LogP) is 4.11. The fourth-order valence-electron chi connectivity index (χ4n) is 4.64. The van der Waals surface area contributed by atoms with Gasteiger partial charge in [0.2, 0.25) is 0 Å². The summed E-state index contributed by atoms with van der Waals surface area (Å²) < 4.78 is 3.77. The van der Waals surface area contributed by atoms with Gasteiger partial charge in [-0.05, 0) is 23.6 Å². The summed E-state index contributed by atoms with van der Waals surface area (Å²) in [5.74, 6) is 1.27. The molecular weight excluding hydrogens is 410 g/mol. The minimum atomic E-state index is 0.334. The molecule has 6 rings (SSSR count). The maximum atomic E-state index is 4.72. The summed E-state index contributed by atoms with van der Waals surface area (Å²) in [7, 11) is 1.93. The monoisotopic (exact) mass is 435 g/mol. The number of nitrogens with zero attached hydrogens (tertiary/aromatic N) is 7. The maximum absolute atomic E-state index is 4.72. The molecule has 5 heterocycles. The van der Waals surface area contributed by atoms with Crippen molar-refractivity contribution in [1.29, 1.82) is 0 Å². The van der Waals surface area contributed by atoms with Crippen molar-refractivity contribution < 1.29 is 0 Å². The maximum Gasteiger partial charge on any atom is 0.133 e. The van der Waals surface area contributed by atoms with Gasteiger partial charge in [0.1, 0.15) is 5.82 Å². The number of anilines is 1. The van der Waals surface area contributed by atoms with E-state index in [1.807, 2.05) is 53.3 Å². The van der Waals surface area contributed by atoms with Gasteiger partial charge in [0.15, 0.2) is 0 Å². The Morgan fingerprint density at radius 3 is 2.48 bits per heavy atom. The molecule has 1 fully saturated rings. The second kappa shape index (κ2) is 8.16. The Hall–Kier alpha value is -4.00. The fourth-order valence-corrected chi connectivity index (χ4v) is 4.64. The van der Waals surface area contributed by atoms with Crippen molar-refractivity contribution in [2.75, 3.05) is 18.0 Å². The quantitative estimate of drug-likeness (QED) is 0.416. The van der Waals surface area contributed by atoms with Crippen LogP contribution in [0.5, 0.6) is 0 Å². The lowest BCUT2D eigenvalue weighted by atomic mass is 10.1. The van der Waals surface area contributed by atoms with E-state index in [9.17, 15) is 0 Å². The minimum absolute atomic E-state index is 0.334. The SMILES string of the molecule is Cn1cc(-c2ccc3c(N4CCC(c5ncc(Cc6ccccc6)cn5)C4)cnn3c2)cn1. The van der Waals surface area contributed by atoms with Gasteiger partial charge in [-0.2, -0.15) is 10.2 Å². The summed E-state index contributed by atoms with van der Waals surface area (Å²) in [5, 5.41) is 8.89. The van der Waals surface area contributed by atoms with Crippen LogP contribution in [-0.4, -0.2) is 42.5 Å². The molecule has 0 radical (unpaired) electrons. The standard InChI is InChI=1S/C26H25N7/c1-31-16-23(14-29-31)21-7-8-24-25(15-30-33(24)18-21)32-10-9-22(17-32)26-27-12-20(13-28-26)11-19-5-3-2-4-6-19/h2-8,12-16,18,22H,9-11,17H2,1H3. The molecule has 4 aromatic heterocycles. The normalized spacial score (nSPS) is 16.0. The Balaban J connectivity index is 1.17. The Morgan fingerprint density at radius 2 is 1.70 bits per heavy atom. The van der Waals surface area contributed by atoms with Crippen molar-refractivity contribution in [2.24, 2.45) is 7.05 Å².